The summed E-state index contributed by atoms with van der Waals surface area (Å²) in [5.41, 5.74) is 2.29. The van der Waals surface area contributed by atoms with E-state index in [0.29, 0.717) is 17.1 Å². The van der Waals surface area contributed by atoms with Crippen molar-refractivity contribution in [2.75, 3.05) is 23.5 Å². The number of methoxy groups -OCH3 is 1. The first-order chi connectivity index (χ1) is 14.3. The fourth-order valence-corrected chi connectivity index (χ4v) is 3.07. The molecular formula is C22H26N2O5S. The second-order valence-electron chi connectivity index (χ2n) is 6.64. The Morgan fingerprint density at radius 2 is 1.67 bits per heavy atom. The van der Waals surface area contributed by atoms with Gasteiger partial charge in [0.15, 0.2) is 6.10 Å². The van der Waals surface area contributed by atoms with Gasteiger partial charge < -0.3 is 20.1 Å². The molecule has 0 saturated carbocycles. The third-order valence-electron chi connectivity index (χ3n) is 4.16. The molecule has 2 aromatic rings. The van der Waals surface area contributed by atoms with Gasteiger partial charge in [-0.15, -0.1) is 11.8 Å². The molecule has 0 heterocycles. The van der Waals surface area contributed by atoms with Gasteiger partial charge in [-0.2, -0.15) is 0 Å². The number of thioether (sulfide) groups is 1. The molecule has 0 radical (unpaired) electrons. The Hall–Kier alpha value is -3.00. The van der Waals surface area contributed by atoms with Crippen LogP contribution in [-0.2, 0) is 19.1 Å². The van der Waals surface area contributed by atoms with E-state index in [1.807, 2.05) is 31.2 Å². The van der Waals surface area contributed by atoms with Crippen molar-refractivity contribution in [3.05, 3.63) is 54.1 Å². The van der Waals surface area contributed by atoms with Gasteiger partial charge in [0.05, 0.1) is 18.6 Å². The average molecular weight is 431 g/mol. The van der Waals surface area contributed by atoms with E-state index in [9.17, 15) is 14.4 Å². The van der Waals surface area contributed by atoms with Gasteiger partial charge >= 0.3 is 5.97 Å². The molecule has 2 amide bonds. The summed E-state index contributed by atoms with van der Waals surface area (Å²) in [5, 5.41) is 4.85. The molecule has 30 heavy (non-hydrogen) atoms. The Morgan fingerprint density at radius 1 is 1.00 bits per heavy atom. The summed E-state index contributed by atoms with van der Waals surface area (Å²) in [6.45, 7) is 5.09. The average Bonchev–Trinajstić information content (AvgIpc) is 2.73. The van der Waals surface area contributed by atoms with Crippen molar-refractivity contribution in [1.82, 2.24) is 0 Å². The number of amides is 2. The van der Waals surface area contributed by atoms with Gasteiger partial charge in [-0.25, -0.2) is 0 Å². The molecule has 0 aromatic heterocycles. The number of hydrogen-bond donors (Lipinski definition) is 2. The maximum atomic E-state index is 12.3. The first-order valence-corrected chi connectivity index (χ1v) is 10.5. The molecule has 8 heteroatoms. The third-order valence-corrected chi connectivity index (χ3v) is 5.28. The van der Waals surface area contributed by atoms with Crippen LogP contribution in [0.5, 0.6) is 5.75 Å². The Balaban J connectivity index is 1.79. The Kier molecular flexibility index (Phi) is 8.73. The van der Waals surface area contributed by atoms with E-state index in [4.69, 9.17) is 9.47 Å². The smallest absolute Gasteiger partial charge is 0.319 e. The second-order valence-corrected chi connectivity index (χ2v) is 7.97. The highest BCUT2D eigenvalue weighted by atomic mass is 32.2. The first kappa shape index (κ1) is 23.3. The third kappa shape index (κ3) is 7.11. The molecule has 2 aromatic carbocycles. The van der Waals surface area contributed by atoms with E-state index in [-0.39, 0.29) is 11.7 Å². The molecular weight excluding hydrogens is 404 g/mol. The zero-order valence-corrected chi connectivity index (χ0v) is 18.2. The van der Waals surface area contributed by atoms with E-state index >= 15 is 0 Å². The van der Waals surface area contributed by atoms with E-state index in [1.54, 1.807) is 31.2 Å². The number of carbonyl (C=O) groups excluding carboxylic acids is 3. The molecule has 0 aliphatic rings. The molecule has 7 nitrogen and oxygen atoms in total. The fourth-order valence-electron chi connectivity index (χ4n) is 2.41. The lowest BCUT2D eigenvalue weighted by Crippen LogP contribution is -2.33. The number of hydrogen-bond acceptors (Lipinski definition) is 6. The zero-order chi connectivity index (χ0) is 22.1. The summed E-state index contributed by atoms with van der Waals surface area (Å²) in [6.07, 6.45) is -0.994. The molecule has 0 spiro atoms. The molecule has 0 fully saturated rings. The van der Waals surface area contributed by atoms with Gasteiger partial charge in [-0.3, -0.25) is 14.4 Å². The molecule has 2 atom stereocenters. The maximum absolute atomic E-state index is 12.3. The van der Waals surface area contributed by atoms with Crippen molar-refractivity contribution >= 4 is 40.9 Å². The lowest BCUT2D eigenvalue weighted by Gasteiger charge is -2.17. The highest BCUT2D eigenvalue weighted by Crippen LogP contribution is 2.23. The molecule has 160 valence electrons. The number of ether oxygens (including phenoxy) is 2. The standard InChI is InChI=1S/C22H26N2O5S/c1-14-9-11-17(12-10-14)23-20(25)13-30-16(3)22(27)29-15(2)21(26)24-18-7-5-6-8-19(18)28-4/h5-12,15-16H,13H2,1-4H3,(H,23,25)(H,24,26)/t15-,16+/m1/s1. The number of nitrogens with one attached hydrogen (secondary N) is 2. The quantitative estimate of drug-likeness (QED) is 0.590. The summed E-state index contributed by atoms with van der Waals surface area (Å²) in [7, 11) is 1.50. The van der Waals surface area contributed by atoms with Gasteiger partial charge in [-0.05, 0) is 45.0 Å². The Morgan fingerprint density at radius 3 is 2.33 bits per heavy atom. The molecule has 2 rings (SSSR count). The molecule has 0 aliphatic heterocycles. The van der Waals surface area contributed by atoms with Crippen LogP contribution in [0.25, 0.3) is 0 Å². The lowest BCUT2D eigenvalue weighted by atomic mass is 10.2. The van der Waals surface area contributed by atoms with E-state index < -0.39 is 23.2 Å². The fraction of sp³-hybridized carbons (Fsp3) is 0.318. The minimum Gasteiger partial charge on any atom is -0.495 e. The molecule has 0 aliphatic carbocycles. The van der Waals surface area contributed by atoms with Gasteiger partial charge in [0, 0.05) is 5.69 Å². The maximum Gasteiger partial charge on any atom is 0.319 e. The number of rotatable bonds is 9. The van der Waals surface area contributed by atoms with E-state index in [2.05, 4.69) is 10.6 Å². The first-order valence-electron chi connectivity index (χ1n) is 9.42. The predicted molar refractivity (Wildman–Crippen MR) is 119 cm³/mol. The molecule has 0 saturated heterocycles. The minimum atomic E-state index is -0.994. The highest BCUT2D eigenvalue weighted by molar-refractivity contribution is 8.01. The lowest BCUT2D eigenvalue weighted by molar-refractivity contribution is -0.152. The van der Waals surface area contributed by atoms with Crippen molar-refractivity contribution in [2.45, 2.75) is 32.1 Å². The van der Waals surface area contributed by atoms with Crippen LogP contribution >= 0.6 is 11.8 Å². The van der Waals surface area contributed by atoms with E-state index in [1.165, 1.54) is 14.0 Å². The molecule has 0 unspecified atom stereocenters. The van der Waals surface area contributed by atoms with Gasteiger partial charge in [0.25, 0.3) is 5.91 Å². The summed E-state index contributed by atoms with van der Waals surface area (Å²) in [6, 6.07) is 14.4. The van der Waals surface area contributed by atoms with Crippen LogP contribution in [0.1, 0.15) is 19.4 Å². The number of esters is 1. The number of aryl methyl sites for hydroxylation is 1. The molecule has 0 bridgehead atoms. The van der Waals surface area contributed by atoms with Crippen molar-refractivity contribution in [2.24, 2.45) is 0 Å². The van der Waals surface area contributed by atoms with Crippen LogP contribution in [-0.4, -0.2) is 42.0 Å². The van der Waals surface area contributed by atoms with Crippen LogP contribution in [0, 0.1) is 6.92 Å². The van der Waals surface area contributed by atoms with Crippen LogP contribution in [0.4, 0.5) is 11.4 Å². The summed E-state index contributed by atoms with van der Waals surface area (Å²) < 4.78 is 10.4. The molecule has 2 N–H and O–H groups in total. The summed E-state index contributed by atoms with van der Waals surface area (Å²) in [5.74, 6) is -0.655. The Bertz CT molecular complexity index is 885. The minimum absolute atomic E-state index is 0.0892. The predicted octanol–water partition coefficient (Wildman–Crippen LogP) is 3.63. The van der Waals surface area contributed by atoms with Crippen molar-refractivity contribution < 1.29 is 23.9 Å². The number of carbonyl (C=O) groups is 3. The van der Waals surface area contributed by atoms with Gasteiger partial charge in [0.2, 0.25) is 5.91 Å². The number of para-hydroxylation sites is 2. The van der Waals surface area contributed by atoms with Gasteiger partial charge in [-0.1, -0.05) is 29.8 Å². The van der Waals surface area contributed by atoms with Gasteiger partial charge in [0.1, 0.15) is 11.0 Å². The van der Waals surface area contributed by atoms with Crippen molar-refractivity contribution in [3.63, 3.8) is 0 Å². The number of anilines is 2. The monoisotopic (exact) mass is 430 g/mol. The van der Waals surface area contributed by atoms with Crippen molar-refractivity contribution in [1.29, 1.82) is 0 Å². The largest absolute Gasteiger partial charge is 0.495 e. The normalized spacial score (nSPS) is 12.4. The van der Waals surface area contributed by atoms with Crippen molar-refractivity contribution in [3.8, 4) is 5.75 Å². The summed E-state index contributed by atoms with van der Waals surface area (Å²) in [4.78, 5) is 36.6. The van der Waals surface area contributed by atoms with E-state index in [0.717, 1.165) is 17.3 Å². The zero-order valence-electron chi connectivity index (χ0n) is 17.4. The number of benzene rings is 2. The highest BCUT2D eigenvalue weighted by Gasteiger charge is 2.23. The van der Waals surface area contributed by atoms with Crippen LogP contribution in [0.3, 0.4) is 0 Å². The van der Waals surface area contributed by atoms with Crippen LogP contribution < -0.4 is 15.4 Å². The Labute approximate surface area is 180 Å². The SMILES string of the molecule is COc1ccccc1NC(=O)[C@@H](C)OC(=O)[C@H](C)SCC(=O)Nc1ccc(C)cc1. The second kappa shape index (κ2) is 11.3. The van der Waals surface area contributed by atoms with Crippen LogP contribution in [0.2, 0.25) is 0 Å². The summed E-state index contributed by atoms with van der Waals surface area (Å²) >= 11 is 1.14. The van der Waals surface area contributed by atoms with Crippen LogP contribution in [0.15, 0.2) is 48.5 Å². The topological polar surface area (TPSA) is 93.7 Å².